The normalized spacial score (nSPS) is 15.5. The summed E-state index contributed by atoms with van der Waals surface area (Å²) in [6.07, 6.45) is 3.81. The standard InChI is InChI=1S/C18H13Cl3N2O3S2/c19-11-8-13(21)14(9-12(11)20)22-16(24)4-1-5-23-17(25)15(28-18(23)27)7-10-3-2-6-26-10/h2-3,6-9H,1,4-5H2,(H,22,24). The largest absolute Gasteiger partial charge is 0.465 e. The van der Waals surface area contributed by atoms with Crippen LogP contribution in [0.2, 0.25) is 15.1 Å². The van der Waals surface area contributed by atoms with E-state index in [4.69, 9.17) is 51.4 Å². The first-order chi connectivity index (χ1) is 13.3. The molecule has 0 atom stereocenters. The molecule has 146 valence electrons. The summed E-state index contributed by atoms with van der Waals surface area (Å²) in [6.45, 7) is 0.336. The molecule has 0 aliphatic carbocycles. The second-order valence-corrected chi connectivity index (χ2v) is 8.64. The van der Waals surface area contributed by atoms with E-state index < -0.39 is 0 Å². The Bertz CT molecular complexity index is 961. The van der Waals surface area contributed by atoms with E-state index in [0.29, 0.717) is 48.7 Å². The number of thioether (sulfide) groups is 1. The second-order valence-electron chi connectivity index (χ2n) is 5.75. The van der Waals surface area contributed by atoms with Crippen molar-refractivity contribution >= 4 is 86.7 Å². The van der Waals surface area contributed by atoms with Gasteiger partial charge in [0.25, 0.3) is 5.91 Å². The van der Waals surface area contributed by atoms with Crippen molar-refractivity contribution in [3.8, 4) is 0 Å². The van der Waals surface area contributed by atoms with Gasteiger partial charge in [0.15, 0.2) is 0 Å². The molecule has 3 rings (SSSR count). The number of furan rings is 1. The SMILES string of the molecule is O=C(CCCN1C(=O)C(=Cc2ccco2)SC1=S)Nc1cc(Cl)c(Cl)cc1Cl. The topological polar surface area (TPSA) is 62.6 Å². The summed E-state index contributed by atoms with van der Waals surface area (Å²) >= 11 is 24.3. The Kier molecular flexibility index (Phi) is 7.06. The monoisotopic (exact) mass is 474 g/mol. The average Bonchev–Trinajstić information content (AvgIpc) is 3.23. The van der Waals surface area contributed by atoms with Crippen LogP contribution >= 0.6 is 58.8 Å². The van der Waals surface area contributed by atoms with E-state index in [0.717, 1.165) is 0 Å². The molecule has 0 saturated carbocycles. The molecule has 5 nitrogen and oxygen atoms in total. The molecule has 1 aliphatic heterocycles. The number of anilines is 1. The molecular formula is C18H13Cl3N2O3S2. The summed E-state index contributed by atoms with van der Waals surface area (Å²) in [6, 6.07) is 6.45. The molecule has 10 heteroatoms. The number of hydrogen-bond acceptors (Lipinski definition) is 5. The maximum atomic E-state index is 12.5. The van der Waals surface area contributed by atoms with Gasteiger partial charge in [0.2, 0.25) is 5.91 Å². The Morgan fingerprint density at radius 3 is 2.71 bits per heavy atom. The number of nitrogens with zero attached hydrogens (tertiary/aromatic N) is 1. The first kappa shape index (κ1) is 21.2. The Hall–Kier alpha value is -1.51. The highest BCUT2D eigenvalue weighted by molar-refractivity contribution is 8.26. The smallest absolute Gasteiger partial charge is 0.266 e. The van der Waals surface area contributed by atoms with Crippen LogP contribution < -0.4 is 5.32 Å². The van der Waals surface area contributed by atoms with Crippen LogP contribution in [0, 0.1) is 0 Å². The minimum atomic E-state index is -0.253. The second kappa shape index (κ2) is 9.33. The first-order valence-electron chi connectivity index (χ1n) is 8.08. The number of amides is 2. The minimum absolute atomic E-state index is 0.185. The lowest BCUT2D eigenvalue weighted by Crippen LogP contribution is -2.29. The van der Waals surface area contributed by atoms with Gasteiger partial charge in [0, 0.05) is 19.0 Å². The van der Waals surface area contributed by atoms with Crippen LogP contribution in [0.25, 0.3) is 6.08 Å². The Labute approximate surface area is 186 Å². The van der Waals surface area contributed by atoms with Crippen molar-refractivity contribution in [2.24, 2.45) is 0 Å². The van der Waals surface area contributed by atoms with E-state index in [2.05, 4.69) is 5.32 Å². The zero-order chi connectivity index (χ0) is 20.3. The zero-order valence-corrected chi connectivity index (χ0v) is 18.1. The molecule has 2 aromatic rings. The van der Waals surface area contributed by atoms with Gasteiger partial charge in [-0.05, 0) is 30.7 Å². The van der Waals surface area contributed by atoms with Crippen molar-refractivity contribution in [2.45, 2.75) is 12.8 Å². The number of thiocarbonyl (C=S) groups is 1. The van der Waals surface area contributed by atoms with E-state index in [1.165, 1.54) is 35.1 Å². The summed E-state index contributed by atoms with van der Waals surface area (Å²) in [5.74, 6) is 0.134. The molecule has 1 aliphatic rings. The maximum Gasteiger partial charge on any atom is 0.266 e. The molecule has 1 N–H and O–H groups in total. The number of hydrogen-bond donors (Lipinski definition) is 1. The zero-order valence-electron chi connectivity index (χ0n) is 14.2. The lowest BCUT2D eigenvalue weighted by Gasteiger charge is -2.14. The van der Waals surface area contributed by atoms with Gasteiger partial charge in [-0.1, -0.05) is 58.8 Å². The number of nitrogens with one attached hydrogen (secondary N) is 1. The molecule has 2 heterocycles. The van der Waals surface area contributed by atoms with Gasteiger partial charge in [-0.2, -0.15) is 0 Å². The molecule has 1 aromatic carbocycles. The third kappa shape index (κ3) is 5.10. The van der Waals surface area contributed by atoms with Gasteiger partial charge in [-0.15, -0.1) is 0 Å². The van der Waals surface area contributed by atoms with Gasteiger partial charge in [0.05, 0.1) is 31.9 Å². The van der Waals surface area contributed by atoms with Gasteiger partial charge < -0.3 is 9.73 Å². The predicted octanol–water partition coefficient (Wildman–Crippen LogP) is 5.86. The molecule has 0 spiro atoms. The van der Waals surface area contributed by atoms with Crippen molar-refractivity contribution in [3.63, 3.8) is 0 Å². The molecule has 28 heavy (non-hydrogen) atoms. The third-order valence-corrected chi connectivity index (χ3v) is 6.17. The molecular weight excluding hydrogens is 463 g/mol. The van der Waals surface area contributed by atoms with E-state index in [9.17, 15) is 9.59 Å². The molecule has 0 bridgehead atoms. The Morgan fingerprint density at radius 1 is 1.25 bits per heavy atom. The van der Waals surface area contributed by atoms with Gasteiger partial charge >= 0.3 is 0 Å². The summed E-state index contributed by atoms with van der Waals surface area (Å²) in [4.78, 5) is 26.6. The van der Waals surface area contributed by atoms with Crippen molar-refractivity contribution < 1.29 is 14.0 Å². The Morgan fingerprint density at radius 2 is 2.00 bits per heavy atom. The van der Waals surface area contributed by atoms with E-state index in [-0.39, 0.29) is 18.2 Å². The van der Waals surface area contributed by atoms with E-state index in [1.54, 1.807) is 18.2 Å². The van der Waals surface area contributed by atoms with Gasteiger partial charge in [-0.25, -0.2) is 0 Å². The summed E-state index contributed by atoms with van der Waals surface area (Å²) in [7, 11) is 0. The fourth-order valence-electron chi connectivity index (χ4n) is 2.42. The highest BCUT2D eigenvalue weighted by Gasteiger charge is 2.31. The van der Waals surface area contributed by atoms with Crippen LogP contribution in [-0.2, 0) is 9.59 Å². The fraction of sp³-hybridized carbons (Fsp3) is 0.167. The molecule has 0 radical (unpaired) electrons. The van der Waals surface area contributed by atoms with Crippen LogP contribution in [-0.4, -0.2) is 27.6 Å². The first-order valence-corrected chi connectivity index (χ1v) is 10.4. The lowest BCUT2D eigenvalue weighted by molar-refractivity contribution is -0.122. The fourth-order valence-corrected chi connectivity index (χ4v) is 4.31. The highest BCUT2D eigenvalue weighted by Crippen LogP contribution is 2.33. The van der Waals surface area contributed by atoms with Crippen LogP contribution in [0.1, 0.15) is 18.6 Å². The third-order valence-electron chi connectivity index (χ3n) is 3.76. The predicted molar refractivity (Wildman–Crippen MR) is 118 cm³/mol. The van der Waals surface area contributed by atoms with Crippen molar-refractivity contribution in [3.05, 3.63) is 56.3 Å². The van der Waals surface area contributed by atoms with E-state index >= 15 is 0 Å². The molecule has 1 fully saturated rings. The van der Waals surface area contributed by atoms with Gasteiger partial charge in [-0.3, -0.25) is 14.5 Å². The maximum absolute atomic E-state index is 12.5. The Balaban J connectivity index is 1.53. The number of carbonyl (C=O) groups is 2. The number of benzene rings is 1. The minimum Gasteiger partial charge on any atom is -0.465 e. The van der Waals surface area contributed by atoms with E-state index in [1.807, 2.05) is 0 Å². The summed E-state index contributed by atoms with van der Waals surface area (Å²) in [5, 5.41) is 3.58. The summed E-state index contributed by atoms with van der Waals surface area (Å²) < 4.78 is 5.68. The molecule has 2 amide bonds. The van der Waals surface area contributed by atoms with Crippen LogP contribution in [0.15, 0.2) is 39.9 Å². The van der Waals surface area contributed by atoms with Crippen molar-refractivity contribution in [2.75, 3.05) is 11.9 Å². The molecule has 1 saturated heterocycles. The van der Waals surface area contributed by atoms with Crippen molar-refractivity contribution in [1.29, 1.82) is 0 Å². The van der Waals surface area contributed by atoms with Crippen LogP contribution in [0.5, 0.6) is 0 Å². The van der Waals surface area contributed by atoms with Gasteiger partial charge in [0.1, 0.15) is 10.1 Å². The van der Waals surface area contributed by atoms with Crippen LogP contribution in [0.4, 0.5) is 5.69 Å². The highest BCUT2D eigenvalue weighted by atomic mass is 35.5. The quantitative estimate of drug-likeness (QED) is 0.322. The average molecular weight is 476 g/mol. The lowest BCUT2D eigenvalue weighted by atomic mass is 10.2. The van der Waals surface area contributed by atoms with Crippen LogP contribution in [0.3, 0.4) is 0 Å². The number of rotatable bonds is 6. The number of halogens is 3. The molecule has 1 aromatic heterocycles. The molecule has 0 unspecified atom stereocenters. The summed E-state index contributed by atoms with van der Waals surface area (Å²) in [5.41, 5.74) is 0.382. The van der Waals surface area contributed by atoms with Crippen molar-refractivity contribution in [1.82, 2.24) is 4.90 Å². The number of carbonyl (C=O) groups excluding carboxylic acids is 2.